The fourth-order valence-electron chi connectivity index (χ4n) is 3.99. The summed E-state index contributed by atoms with van der Waals surface area (Å²) < 4.78 is 15.2. The molecule has 146 valence electrons. The number of piperidine rings is 1. The number of fused-ring (bicyclic) bond motifs is 3. The van der Waals surface area contributed by atoms with Crippen LogP contribution in [0.2, 0.25) is 0 Å². The summed E-state index contributed by atoms with van der Waals surface area (Å²) >= 11 is 0. The molecular weight excluding hydrogens is 369 g/mol. The molecule has 7 heteroatoms. The third-order valence-corrected chi connectivity index (χ3v) is 5.42. The minimum atomic E-state index is -0.320. The van der Waals surface area contributed by atoms with E-state index >= 15 is 0 Å². The van der Waals surface area contributed by atoms with Gasteiger partial charge >= 0.3 is 0 Å². The van der Waals surface area contributed by atoms with Gasteiger partial charge < -0.3 is 14.6 Å². The van der Waals surface area contributed by atoms with Crippen molar-refractivity contribution in [2.24, 2.45) is 5.92 Å². The van der Waals surface area contributed by atoms with Gasteiger partial charge in [0.15, 0.2) is 11.5 Å². The highest BCUT2D eigenvalue weighted by molar-refractivity contribution is 5.93. The molecule has 3 aromatic heterocycles. The van der Waals surface area contributed by atoms with Gasteiger partial charge in [-0.05, 0) is 61.4 Å². The number of amides is 1. The van der Waals surface area contributed by atoms with Gasteiger partial charge in [-0.1, -0.05) is 0 Å². The van der Waals surface area contributed by atoms with Crippen molar-refractivity contribution >= 4 is 34.1 Å². The maximum atomic E-state index is 13.1. The normalized spacial score (nSPS) is 17.0. The first kappa shape index (κ1) is 17.6. The van der Waals surface area contributed by atoms with Crippen molar-refractivity contribution in [1.82, 2.24) is 14.4 Å². The predicted octanol–water partition coefficient (Wildman–Crippen LogP) is 3.88. The van der Waals surface area contributed by atoms with Crippen molar-refractivity contribution in [1.29, 1.82) is 0 Å². The Hall–Kier alpha value is -3.48. The lowest BCUT2D eigenvalue weighted by Gasteiger charge is -2.33. The summed E-state index contributed by atoms with van der Waals surface area (Å²) in [6.45, 7) is 1.42. The molecular formula is C22H20FN5O. The molecule has 6 nitrogen and oxygen atoms in total. The van der Waals surface area contributed by atoms with Crippen LogP contribution in [0.5, 0.6) is 0 Å². The summed E-state index contributed by atoms with van der Waals surface area (Å²) in [5, 5.41) is 2.90. The number of carbonyl (C=O) groups excluding carboxylic acids is 1. The number of anilines is 2. The van der Waals surface area contributed by atoms with E-state index in [0.717, 1.165) is 36.2 Å². The largest absolute Gasteiger partial charge is 0.354 e. The monoisotopic (exact) mass is 389 g/mol. The zero-order valence-corrected chi connectivity index (χ0v) is 15.8. The zero-order chi connectivity index (χ0) is 19.8. The van der Waals surface area contributed by atoms with Crippen LogP contribution in [0.25, 0.3) is 16.7 Å². The molecule has 1 fully saturated rings. The number of aromatic nitrogens is 3. The Morgan fingerprint density at radius 3 is 2.79 bits per heavy atom. The van der Waals surface area contributed by atoms with Gasteiger partial charge in [0.25, 0.3) is 0 Å². The highest BCUT2D eigenvalue weighted by Gasteiger charge is 2.28. The van der Waals surface area contributed by atoms with Gasteiger partial charge in [0.2, 0.25) is 5.91 Å². The van der Waals surface area contributed by atoms with E-state index in [1.165, 1.54) is 12.1 Å². The molecule has 5 rings (SSSR count). The summed E-state index contributed by atoms with van der Waals surface area (Å²) in [7, 11) is 0. The molecule has 0 aliphatic carbocycles. The first-order chi connectivity index (χ1) is 14.2. The van der Waals surface area contributed by atoms with Crippen LogP contribution >= 0.6 is 0 Å². The minimum absolute atomic E-state index is 0.0494. The summed E-state index contributed by atoms with van der Waals surface area (Å²) in [6.07, 6.45) is 5.46. The molecule has 1 aromatic carbocycles. The minimum Gasteiger partial charge on any atom is -0.354 e. The van der Waals surface area contributed by atoms with Crippen LogP contribution in [0.1, 0.15) is 12.8 Å². The third kappa shape index (κ3) is 3.29. The van der Waals surface area contributed by atoms with Crippen LogP contribution in [-0.2, 0) is 4.79 Å². The number of carbonyl (C=O) groups is 1. The predicted molar refractivity (Wildman–Crippen MR) is 110 cm³/mol. The van der Waals surface area contributed by atoms with Crippen LogP contribution in [0.15, 0.2) is 60.9 Å². The van der Waals surface area contributed by atoms with E-state index in [9.17, 15) is 9.18 Å². The molecule has 0 unspecified atom stereocenters. The van der Waals surface area contributed by atoms with E-state index in [1.54, 1.807) is 18.3 Å². The number of halogens is 1. The molecule has 4 heterocycles. The summed E-state index contributed by atoms with van der Waals surface area (Å²) in [5.41, 5.74) is 3.25. The fourth-order valence-corrected chi connectivity index (χ4v) is 3.99. The van der Waals surface area contributed by atoms with Crippen molar-refractivity contribution in [3.8, 4) is 0 Å². The molecule has 0 saturated carbocycles. The van der Waals surface area contributed by atoms with E-state index in [1.807, 2.05) is 30.5 Å². The second-order valence-corrected chi connectivity index (χ2v) is 7.33. The Bertz CT molecular complexity index is 1190. The van der Waals surface area contributed by atoms with E-state index in [0.29, 0.717) is 17.9 Å². The first-order valence-electron chi connectivity index (χ1n) is 9.72. The van der Waals surface area contributed by atoms with E-state index in [2.05, 4.69) is 19.6 Å². The third-order valence-electron chi connectivity index (χ3n) is 5.42. The number of rotatable bonds is 3. The second kappa shape index (κ2) is 7.16. The molecule has 1 amide bonds. The van der Waals surface area contributed by atoms with Crippen LogP contribution in [-0.4, -0.2) is 33.4 Å². The summed E-state index contributed by atoms with van der Waals surface area (Å²) in [6, 6.07) is 13.8. The SMILES string of the molecule is O=C(Nc1ccc(F)cc1)[C@@H]1CCCN(c2nc3ncccc3n3cccc23)C1. The Balaban J connectivity index is 1.42. The van der Waals surface area contributed by atoms with E-state index in [-0.39, 0.29) is 17.6 Å². The number of pyridine rings is 1. The number of nitrogens with one attached hydrogen (secondary N) is 1. The molecule has 0 spiro atoms. The standard InChI is InChI=1S/C22H20FN5O/c23-16-7-9-17(10-8-16)25-22(29)15-4-2-12-27(14-15)21-19-6-3-13-28(19)18-5-1-11-24-20(18)26-21/h1,3,5-11,13,15H,2,4,12,14H2,(H,25,29)/t15-/m1/s1. The summed E-state index contributed by atoms with van der Waals surface area (Å²) in [4.78, 5) is 24.2. The second-order valence-electron chi connectivity index (χ2n) is 7.33. The fraction of sp³-hybridized carbons (Fsp3) is 0.227. The maximum Gasteiger partial charge on any atom is 0.229 e. The van der Waals surface area contributed by atoms with Gasteiger partial charge in [0.05, 0.1) is 17.0 Å². The highest BCUT2D eigenvalue weighted by Crippen LogP contribution is 2.29. The first-order valence-corrected chi connectivity index (χ1v) is 9.72. The van der Waals surface area contributed by atoms with E-state index in [4.69, 9.17) is 4.98 Å². The van der Waals surface area contributed by atoms with Crippen molar-refractivity contribution in [2.45, 2.75) is 12.8 Å². The molecule has 1 saturated heterocycles. The molecule has 1 aliphatic rings. The van der Waals surface area contributed by atoms with Crippen LogP contribution in [0.3, 0.4) is 0 Å². The number of nitrogens with zero attached hydrogens (tertiary/aromatic N) is 4. The molecule has 0 radical (unpaired) electrons. The Morgan fingerprint density at radius 1 is 1.10 bits per heavy atom. The highest BCUT2D eigenvalue weighted by atomic mass is 19.1. The number of hydrogen-bond donors (Lipinski definition) is 1. The Morgan fingerprint density at radius 2 is 1.93 bits per heavy atom. The topological polar surface area (TPSA) is 62.5 Å². The molecule has 1 atom stereocenters. The zero-order valence-electron chi connectivity index (χ0n) is 15.8. The maximum absolute atomic E-state index is 13.1. The Kier molecular flexibility index (Phi) is 4.35. The van der Waals surface area contributed by atoms with Gasteiger partial charge in [-0.2, -0.15) is 0 Å². The lowest BCUT2D eigenvalue weighted by atomic mass is 9.97. The van der Waals surface area contributed by atoms with Gasteiger partial charge in [-0.3, -0.25) is 4.79 Å². The van der Waals surface area contributed by atoms with Crippen LogP contribution in [0.4, 0.5) is 15.9 Å². The molecule has 1 aliphatic heterocycles. The van der Waals surface area contributed by atoms with E-state index < -0.39 is 0 Å². The van der Waals surface area contributed by atoms with Gasteiger partial charge in [0.1, 0.15) is 5.82 Å². The summed E-state index contributed by atoms with van der Waals surface area (Å²) in [5.74, 6) is 0.316. The van der Waals surface area contributed by atoms with Crippen molar-refractivity contribution in [2.75, 3.05) is 23.3 Å². The molecule has 0 bridgehead atoms. The van der Waals surface area contributed by atoms with Gasteiger partial charge in [-0.25, -0.2) is 14.4 Å². The number of benzene rings is 1. The molecule has 1 N–H and O–H groups in total. The average Bonchev–Trinajstić information content (AvgIpc) is 3.25. The van der Waals surface area contributed by atoms with Crippen molar-refractivity contribution in [3.63, 3.8) is 0 Å². The average molecular weight is 389 g/mol. The van der Waals surface area contributed by atoms with Crippen molar-refractivity contribution in [3.05, 3.63) is 66.7 Å². The number of hydrogen-bond acceptors (Lipinski definition) is 4. The molecule has 4 aromatic rings. The van der Waals surface area contributed by atoms with Crippen LogP contribution < -0.4 is 10.2 Å². The lowest BCUT2D eigenvalue weighted by molar-refractivity contribution is -0.120. The van der Waals surface area contributed by atoms with Crippen molar-refractivity contribution < 1.29 is 9.18 Å². The van der Waals surface area contributed by atoms with Gasteiger partial charge in [-0.15, -0.1) is 0 Å². The Labute approximate surface area is 167 Å². The van der Waals surface area contributed by atoms with Gasteiger partial charge in [0, 0.05) is 31.2 Å². The smallest absolute Gasteiger partial charge is 0.229 e. The molecule has 29 heavy (non-hydrogen) atoms. The quantitative estimate of drug-likeness (QED) is 0.578. The lowest BCUT2D eigenvalue weighted by Crippen LogP contribution is -2.41. The van der Waals surface area contributed by atoms with Crippen LogP contribution in [0, 0.1) is 11.7 Å².